The Kier molecular flexibility index (Phi) is 3.82. The number of nitrogens with one attached hydrogen (secondary N) is 2. The van der Waals surface area contributed by atoms with Gasteiger partial charge in [-0.05, 0) is 34.1 Å². The maximum atomic E-state index is 13.1. The lowest BCUT2D eigenvalue weighted by molar-refractivity contribution is 0.306. The molecule has 0 saturated carbocycles. The van der Waals surface area contributed by atoms with Gasteiger partial charge in [0.05, 0.1) is 28.2 Å². The Morgan fingerprint density at radius 2 is 2.32 bits per heavy atom. The van der Waals surface area contributed by atoms with Crippen LogP contribution in [-0.2, 0) is 0 Å². The van der Waals surface area contributed by atoms with Crippen LogP contribution in [0.3, 0.4) is 0 Å². The molecule has 3 N–H and O–H groups in total. The average molecular weight is 328 g/mol. The lowest BCUT2D eigenvalue weighted by atomic mass is 10.3. The topological polar surface area (TPSA) is 77.2 Å². The molecule has 0 aliphatic heterocycles. The summed E-state index contributed by atoms with van der Waals surface area (Å²) in [5.41, 5.74) is 0.957. The third kappa shape index (κ3) is 2.74. The molecule has 0 fully saturated rings. The minimum atomic E-state index is -0.444. The quantitative estimate of drug-likeness (QED) is 0.450. The number of halogens is 2. The van der Waals surface area contributed by atoms with Crippen molar-refractivity contribution in [1.29, 1.82) is 5.41 Å². The van der Waals surface area contributed by atoms with Crippen molar-refractivity contribution in [1.82, 2.24) is 9.78 Å². The number of aromatic nitrogens is 2. The summed E-state index contributed by atoms with van der Waals surface area (Å²) in [5, 5.41) is 25.1. The largest absolute Gasteiger partial charge is 0.386 e. The molecule has 0 aliphatic carbocycles. The van der Waals surface area contributed by atoms with Crippen LogP contribution in [0.5, 0.6) is 0 Å². The van der Waals surface area contributed by atoms with E-state index < -0.39 is 5.82 Å². The number of anilines is 2. The number of nitrogens with zero attached hydrogens (tertiary/aromatic N) is 3. The van der Waals surface area contributed by atoms with E-state index in [1.54, 1.807) is 13.2 Å². The fraction of sp³-hybridized carbons (Fsp3) is 0.0909. The second kappa shape index (κ2) is 5.37. The Morgan fingerprint density at radius 1 is 1.58 bits per heavy atom. The Labute approximate surface area is 117 Å². The van der Waals surface area contributed by atoms with Crippen molar-refractivity contribution in [2.75, 3.05) is 17.4 Å². The van der Waals surface area contributed by atoms with E-state index in [4.69, 9.17) is 5.41 Å². The molecule has 0 bridgehead atoms. The molecule has 1 aromatic carbocycles. The van der Waals surface area contributed by atoms with Crippen molar-refractivity contribution in [2.24, 2.45) is 0 Å². The number of hydrogen-bond donors (Lipinski definition) is 3. The molecule has 0 atom stereocenters. The first-order chi connectivity index (χ1) is 9.02. The Bertz CT molecular complexity index is 615. The van der Waals surface area contributed by atoms with Gasteiger partial charge in [-0.15, -0.1) is 0 Å². The summed E-state index contributed by atoms with van der Waals surface area (Å²) in [6.45, 7) is 0. The maximum absolute atomic E-state index is 13.1. The average Bonchev–Trinajstić information content (AvgIpc) is 2.89. The van der Waals surface area contributed by atoms with E-state index in [2.05, 4.69) is 26.3 Å². The van der Waals surface area contributed by atoms with Gasteiger partial charge in [0.25, 0.3) is 0 Å². The van der Waals surface area contributed by atoms with Crippen molar-refractivity contribution in [3.8, 4) is 0 Å². The van der Waals surface area contributed by atoms with Gasteiger partial charge >= 0.3 is 0 Å². The SMILES string of the molecule is CNc1cnn(C(=N)N(O)c2ccc(F)c(Br)c2)c1. The van der Waals surface area contributed by atoms with Crippen LogP contribution < -0.4 is 10.4 Å². The van der Waals surface area contributed by atoms with Crippen molar-refractivity contribution in [3.05, 3.63) is 40.9 Å². The monoisotopic (exact) mass is 327 g/mol. The molecule has 1 aromatic heterocycles. The van der Waals surface area contributed by atoms with Gasteiger partial charge in [0, 0.05) is 7.05 Å². The van der Waals surface area contributed by atoms with Gasteiger partial charge in [-0.1, -0.05) is 0 Å². The summed E-state index contributed by atoms with van der Waals surface area (Å²) in [7, 11) is 1.72. The highest BCUT2D eigenvalue weighted by atomic mass is 79.9. The van der Waals surface area contributed by atoms with Crippen LogP contribution in [0.1, 0.15) is 0 Å². The lowest BCUT2D eigenvalue weighted by Crippen LogP contribution is -2.32. The minimum absolute atomic E-state index is 0.202. The molecule has 0 unspecified atom stereocenters. The molecule has 100 valence electrons. The van der Waals surface area contributed by atoms with Crippen molar-refractivity contribution >= 4 is 33.3 Å². The fourth-order valence-electron chi connectivity index (χ4n) is 1.40. The standard InChI is InChI=1S/C11H11BrFN5O/c1-15-7-5-16-17(6-7)11(14)18(19)8-2-3-10(13)9(12)4-8/h2-6,14-15,19H,1H3. The molecule has 6 nitrogen and oxygen atoms in total. The summed E-state index contributed by atoms with van der Waals surface area (Å²) in [4.78, 5) is 0. The van der Waals surface area contributed by atoms with Crippen LogP contribution in [0.25, 0.3) is 0 Å². The highest BCUT2D eigenvalue weighted by molar-refractivity contribution is 9.10. The van der Waals surface area contributed by atoms with E-state index in [0.29, 0.717) is 10.8 Å². The second-order valence-electron chi connectivity index (χ2n) is 3.66. The maximum Gasteiger partial charge on any atom is 0.248 e. The number of benzene rings is 1. The Hall–Kier alpha value is -1.93. The molecule has 1 heterocycles. The molecule has 2 aromatic rings. The first-order valence-electron chi connectivity index (χ1n) is 5.28. The third-order valence-corrected chi connectivity index (χ3v) is 3.04. The predicted molar refractivity (Wildman–Crippen MR) is 73.3 cm³/mol. The first kappa shape index (κ1) is 13.5. The van der Waals surface area contributed by atoms with Gasteiger partial charge in [-0.3, -0.25) is 10.6 Å². The summed E-state index contributed by atoms with van der Waals surface area (Å²) in [5.74, 6) is -0.722. The van der Waals surface area contributed by atoms with E-state index in [-0.39, 0.29) is 16.1 Å². The van der Waals surface area contributed by atoms with E-state index in [1.165, 1.54) is 29.1 Å². The van der Waals surface area contributed by atoms with Crippen LogP contribution >= 0.6 is 15.9 Å². The highest BCUT2D eigenvalue weighted by Crippen LogP contribution is 2.22. The van der Waals surface area contributed by atoms with Gasteiger partial charge < -0.3 is 5.32 Å². The number of rotatable bonds is 2. The molecule has 0 saturated heterocycles. The van der Waals surface area contributed by atoms with E-state index in [0.717, 1.165) is 0 Å². The zero-order valence-corrected chi connectivity index (χ0v) is 11.5. The molecule has 0 spiro atoms. The number of hydroxylamine groups is 1. The molecule has 8 heteroatoms. The van der Waals surface area contributed by atoms with Crippen LogP contribution in [0.2, 0.25) is 0 Å². The van der Waals surface area contributed by atoms with Crippen molar-refractivity contribution in [3.63, 3.8) is 0 Å². The van der Waals surface area contributed by atoms with E-state index in [1.807, 2.05) is 0 Å². The first-order valence-corrected chi connectivity index (χ1v) is 6.07. The third-order valence-electron chi connectivity index (χ3n) is 2.44. The lowest BCUT2D eigenvalue weighted by Gasteiger charge is -2.17. The molecule has 0 aliphatic rings. The second-order valence-corrected chi connectivity index (χ2v) is 4.51. The Balaban J connectivity index is 2.25. The van der Waals surface area contributed by atoms with Crippen LogP contribution in [0.4, 0.5) is 15.8 Å². The normalized spacial score (nSPS) is 10.3. The number of hydrogen-bond acceptors (Lipinski definition) is 4. The zero-order valence-electron chi connectivity index (χ0n) is 9.93. The molecule has 0 radical (unpaired) electrons. The molecule has 19 heavy (non-hydrogen) atoms. The minimum Gasteiger partial charge on any atom is -0.386 e. The fourth-order valence-corrected chi connectivity index (χ4v) is 1.77. The summed E-state index contributed by atoms with van der Waals surface area (Å²) < 4.78 is 14.5. The Morgan fingerprint density at radius 3 is 2.89 bits per heavy atom. The summed E-state index contributed by atoms with van der Waals surface area (Å²) in [6, 6.07) is 3.92. The molecular weight excluding hydrogens is 317 g/mol. The van der Waals surface area contributed by atoms with Crippen LogP contribution in [-0.4, -0.2) is 28.0 Å². The van der Waals surface area contributed by atoms with Gasteiger partial charge in [-0.25, -0.2) is 9.07 Å². The predicted octanol–water partition coefficient (Wildman–Crippen LogP) is 2.51. The zero-order chi connectivity index (χ0) is 14.0. The van der Waals surface area contributed by atoms with Gasteiger partial charge in [-0.2, -0.15) is 10.2 Å². The summed E-state index contributed by atoms with van der Waals surface area (Å²) >= 11 is 3.02. The highest BCUT2D eigenvalue weighted by Gasteiger charge is 2.14. The van der Waals surface area contributed by atoms with Gasteiger partial charge in [0.15, 0.2) is 0 Å². The van der Waals surface area contributed by atoms with Gasteiger partial charge in [0.1, 0.15) is 5.82 Å². The van der Waals surface area contributed by atoms with Crippen molar-refractivity contribution < 1.29 is 9.60 Å². The van der Waals surface area contributed by atoms with Crippen LogP contribution in [0, 0.1) is 11.2 Å². The molecular formula is C11H11BrFN5O. The summed E-state index contributed by atoms with van der Waals surface area (Å²) in [6.07, 6.45) is 3.06. The van der Waals surface area contributed by atoms with Crippen molar-refractivity contribution in [2.45, 2.75) is 0 Å². The van der Waals surface area contributed by atoms with E-state index in [9.17, 15) is 9.60 Å². The van der Waals surface area contributed by atoms with Gasteiger partial charge in [0.2, 0.25) is 5.96 Å². The van der Waals surface area contributed by atoms with Crippen LogP contribution in [0.15, 0.2) is 35.1 Å². The molecule has 2 rings (SSSR count). The van der Waals surface area contributed by atoms with E-state index >= 15 is 0 Å². The smallest absolute Gasteiger partial charge is 0.248 e. The molecule has 0 amide bonds.